The van der Waals surface area contributed by atoms with Gasteiger partial charge in [0.25, 0.3) is 0 Å². The summed E-state index contributed by atoms with van der Waals surface area (Å²) >= 11 is 1.63. The van der Waals surface area contributed by atoms with E-state index < -0.39 is 0 Å². The average Bonchev–Trinajstić information content (AvgIpc) is 2.31. The Morgan fingerprint density at radius 2 is 1.47 bits per heavy atom. The molecule has 0 fully saturated rings. The molecule has 0 heterocycles. The molecule has 0 saturated carbocycles. The second-order valence-corrected chi connectivity index (χ2v) is 6.92. The average molecular weight is 279 g/mol. The highest BCUT2D eigenvalue weighted by Gasteiger charge is 2.25. The van der Waals surface area contributed by atoms with Crippen molar-refractivity contribution in [3.05, 3.63) is 29.8 Å². The maximum absolute atomic E-state index is 12.5. The van der Waals surface area contributed by atoms with Crippen LogP contribution in [0.25, 0.3) is 0 Å². The number of rotatable bonds is 5. The fourth-order valence-corrected chi connectivity index (χ4v) is 3.11. The maximum Gasteiger partial charge on any atom is 0.236 e. The molecule has 0 N–H and O–H groups in total. The first-order valence-electron chi connectivity index (χ1n) is 6.88. The summed E-state index contributed by atoms with van der Waals surface area (Å²) in [5.41, 5.74) is 1.24. The number of aryl methyl sites for hydroxylation is 1. The molecule has 1 rings (SSSR count). The van der Waals surface area contributed by atoms with Crippen molar-refractivity contribution in [2.45, 2.75) is 63.8 Å². The summed E-state index contributed by atoms with van der Waals surface area (Å²) in [6, 6.07) is 8.82. The molecule has 106 valence electrons. The second-order valence-electron chi connectivity index (χ2n) is 5.51. The molecule has 19 heavy (non-hydrogen) atoms. The van der Waals surface area contributed by atoms with Crippen LogP contribution in [-0.4, -0.2) is 28.1 Å². The van der Waals surface area contributed by atoms with Gasteiger partial charge in [0.15, 0.2) is 0 Å². The lowest BCUT2D eigenvalue weighted by Crippen LogP contribution is -2.45. The van der Waals surface area contributed by atoms with Crippen molar-refractivity contribution in [3.8, 4) is 0 Å². The minimum atomic E-state index is -0.0486. The van der Waals surface area contributed by atoms with Crippen molar-refractivity contribution in [2.24, 2.45) is 0 Å². The van der Waals surface area contributed by atoms with E-state index >= 15 is 0 Å². The quantitative estimate of drug-likeness (QED) is 0.756. The number of benzene rings is 1. The zero-order valence-corrected chi connectivity index (χ0v) is 13.6. The summed E-state index contributed by atoms with van der Waals surface area (Å²) in [5, 5.41) is -0.0486. The molecule has 0 aliphatic carbocycles. The fourth-order valence-electron chi connectivity index (χ4n) is 2.19. The van der Waals surface area contributed by atoms with E-state index in [1.807, 2.05) is 11.8 Å². The number of carbonyl (C=O) groups excluding carboxylic acids is 1. The molecule has 0 unspecified atom stereocenters. The van der Waals surface area contributed by atoms with Gasteiger partial charge >= 0.3 is 0 Å². The summed E-state index contributed by atoms with van der Waals surface area (Å²) in [7, 11) is 0. The minimum absolute atomic E-state index is 0.0486. The van der Waals surface area contributed by atoms with Gasteiger partial charge in [-0.1, -0.05) is 17.7 Å². The third kappa shape index (κ3) is 4.57. The molecular weight excluding hydrogens is 254 g/mol. The van der Waals surface area contributed by atoms with Crippen LogP contribution in [-0.2, 0) is 4.79 Å². The second kappa shape index (κ2) is 6.99. The molecule has 1 aromatic carbocycles. The Balaban J connectivity index is 2.73. The molecule has 1 amide bonds. The molecule has 0 bridgehead atoms. The number of hydrogen-bond acceptors (Lipinski definition) is 2. The lowest BCUT2D eigenvalue weighted by atomic mass is 10.2. The van der Waals surface area contributed by atoms with Gasteiger partial charge < -0.3 is 4.90 Å². The molecule has 0 aliphatic heterocycles. The lowest BCUT2D eigenvalue weighted by Gasteiger charge is -2.33. The predicted octanol–water partition coefficient (Wildman–Crippen LogP) is 4.12. The molecule has 2 nitrogen and oxygen atoms in total. The standard InChI is InChI=1S/C16H25NOS/c1-11(2)17(12(3)4)16(18)14(6)19-15-9-7-13(5)8-10-15/h7-12,14H,1-6H3/t14-/m1/s1. The highest BCUT2D eigenvalue weighted by molar-refractivity contribution is 8.00. The van der Waals surface area contributed by atoms with Crippen molar-refractivity contribution in [2.75, 3.05) is 0 Å². The van der Waals surface area contributed by atoms with Crippen LogP contribution in [0, 0.1) is 6.92 Å². The first kappa shape index (κ1) is 16.1. The summed E-state index contributed by atoms with van der Waals surface area (Å²) in [5.74, 6) is 0.218. The number of hydrogen-bond donors (Lipinski definition) is 0. The highest BCUT2D eigenvalue weighted by atomic mass is 32.2. The zero-order chi connectivity index (χ0) is 14.6. The smallest absolute Gasteiger partial charge is 0.236 e. The van der Waals surface area contributed by atoms with Gasteiger partial charge in [-0.3, -0.25) is 4.79 Å². The monoisotopic (exact) mass is 279 g/mol. The van der Waals surface area contributed by atoms with Crippen molar-refractivity contribution in [3.63, 3.8) is 0 Å². The Bertz CT molecular complexity index is 403. The van der Waals surface area contributed by atoms with Gasteiger partial charge in [-0.2, -0.15) is 0 Å². The largest absolute Gasteiger partial charge is 0.337 e. The Kier molecular flexibility index (Phi) is 5.92. The molecule has 1 atom stereocenters. The Morgan fingerprint density at radius 3 is 1.89 bits per heavy atom. The molecular formula is C16H25NOS. The Labute approximate surface area is 121 Å². The normalized spacial score (nSPS) is 12.8. The van der Waals surface area contributed by atoms with Gasteiger partial charge in [0.05, 0.1) is 5.25 Å². The van der Waals surface area contributed by atoms with Crippen LogP contribution in [0.2, 0.25) is 0 Å². The number of amides is 1. The minimum Gasteiger partial charge on any atom is -0.337 e. The van der Waals surface area contributed by atoms with Crippen molar-refractivity contribution >= 4 is 17.7 Å². The van der Waals surface area contributed by atoms with Crippen LogP contribution in [0.15, 0.2) is 29.2 Å². The third-order valence-corrected chi connectivity index (χ3v) is 4.15. The summed E-state index contributed by atoms with van der Waals surface area (Å²) in [4.78, 5) is 15.6. The Morgan fingerprint density at radius 1 is 1.00 bits per heavy atom. The van der Waals surface area contributed by atoms with E-state index in [1.54, 1.807) is 11.8 Å². The molecule has 0 aromatic heterocycles. The van der Waals surface area contributed by atoms with Crippen LogP contribution in [0.5, 0.6) is 0 Å². The van der Waals surface area contributed by atoms with Crippen LogP contribution in [0.1, 0.15) is 40.2 Å². The molecule has 1 aromatic rings. The number of nitrogens with zero attached hydrogens (tertiary/aromatic N) is 1. The van der Waals surface area contributed by atoms with Gasteiger partial charge in [0, 0.05) is 17.0 Å². The maximum atomic E-state index is 12.5. The van der Waals surface area contributed by atoms with Crippen LogP contribution >= 0.6 is 11.8 Å². The van der Waals surface area contributed by atoms with Crippen molar-refractivity contribution in [1.82, 2.24) is 4.90 Å². The van der Waals surface area contributed by atoms with Crippen LogP contribution in [0.4, 0.5) is 0 Å². The van der Waals surface area contributed by atoms with Gasteiger partial charge in [0.2, 0.25) is 5.91 Å². The molecule has 3 heteroatoms. The van der Waals surface area contributed by atoms with Crippen LogP contribution < -0.4 is 0 Å². The fraction of sp³-hybridized carbons (Fsp3) is 0.562. The number of carbonyl (C=O) groups is 1. The highest BCUT2D eigenvalue weighted by Crippen LogP contribution is 2.25. The molecule has 0 aliphatic rings. The van der Waals surface area contributed by atoms with E-state index in [0.717, 1.165) is 4.90 Å². The number of thioether (sulfide) groups is 1. The van der Waals surface area contributed by atoms with E-state index in [-0.39, 0.29) is 23.2 Å². The van der Waals surface area contributed by atoms with E-state index in [2.05, 4.69) is 58.9 Å². The topological polar surface area (TPSA) is 20.3 Å². The predicted molar refractivity (Wildman–Crippen MR) is 83.6 cm³/mol. The third-order valence-electron chi connectivity index (χ3n) is 3.05. The van der Waals surface area contributed by atoms with Gasteiger partial charge in [-0.15, -0.1) is 11.8 Å². The van der Waals surface area contributed by atoms with E-state index in [0.29, 0.717) is 0 Å². The van der Waals surface area contributed by atoms with Gasteiger partial charge in [-0.25, -0.2) is 0 Å². The van der Waals surface area contributed by atoms with Gasteiger partial charge in [0.1, 0.15) is 0 Å². The SMILES string of the molecule is Cc1ccc(S[C@H](C)C(=O)N(C(C)C)C(C)C)cc1. The molecule has 0 radical (unpaired) electrons. The van der Waals surface area contributed by atoms with Crippen molar-refractivity contribution < 1.29 is 4.79 Å². The van der Waals surface area contributed by atoms with Crippen molar-refractivity contribution in [1.29, 1.82) is 0 Å². The Hall–Kier alpha value is -0.960. The molecule has 0 spiro atoms. The lowest BCUT2D eigenvalue weighted by molar-refractivity contribution is -0.133. The van der Waals surface area contributed by atoms with Crippen LogP contribution in [0.3, 0.4) is 0 Å². The zero-order valence-electron chi connectivity index (χ0n) is 12.8. The first-order chi connectivity index (χ1) is 8.82. The van der Waals surface area contributed by atoms with Gasteiger partial charge in [-0.05, 0) is 53.7 Å². The summed E-state index contributed by atoms with van der Waals surface area (Å²) < 4.78 is 0. The van der Waals surface area contributed by atoms with E-state index in [4.69, 9.17) is 0 Å². The summed E-state index contributed by atoms with van der Waals surface area (Å²) in [6.45, 7) is 12.3. The summed E-state index contributed by atoms with van der Waals surface area (Å²) in [6.07, 6.45) is 0. The molecule has 0 saturated heterocycles. The van der Waals surface area contributed by atoms with E-state index in [9.17, 15) is 4.79 Å². The van der Waals surface area contributed by atoms with E-state index in [1.165, 1.54) is 5.56 Å². The first-order valence-corrected chi connectivity index (χ1v) is 7.76.